The lowest BCUT2D eigenvalue weighted by atomic mass is 10.1. The summed E-state index contributed by atoms with van der Waals surface area (Å²) in [5.41, 5.74) is 3.27. The lowest BCUT2D eigenvalue weighted by Gasteiger charge is -2.03. The first-order valence-corrected chi connectivity index (χ1v) is 3.87. The monoisotopic (exact) mass is 163 g/mol. The molecule has 0 unspecified atom stereocenters. The molecule has 1 heterocycles. The number of hydrogen-bond donors (Lipinski definition) is 0. The van der Waals surface area contributed by atoms with Crippen molar-refractivity contribution < 1.29 is 4.74 Å². The van der Waals surface area contributed by atoms with Gasteiger partial charge in [-0.05, 0) is 25.5 Å². The molecule has 1 aromatic heterocycles. The van der Waals surface area contributed by atoms with Gasteiger partial charge in [0.25, 0.3) is 0 Å². The zero-order valence-corrected chi connectivity index (χ0v) is 7.66. The number of nitrogens with zero attached hydrogens (tertiary/aromatic N) is 1. The Kier molecular flexibility index (Phi) is 2.86. The maximum Gasteiger partial charge on any atom is 0.0860 e. The zero-order valence-electron chi connectivity index (χ0n) is 7.66. The minimum Gasteiger partial charge on any atom is -0.504 e. The van der Waals surface area contributed by atoms with E-state index >= 15 is 0 Å². The summed E-state index contributed by atoms with van der Waals surface area (Å²) in [4.78, 5) is 4.19. The lowest BCUT2D eigenvalue weighted by molar-refractivity contribution is 0.339. The summed E-state index contributed by atoms with van der Waals surface area (Å²) < 4.78 is 4.92. The molecule has 1 aromatic rings. The van der Waals surface area contributed by atoms with E-state index in [1.165, 1.54) is 0 Å². The fourth-order valence-electron chi connectivity index (χ4n) is 1.14. The summed E-state index contributed by atoms with van der Waals surface area (Å²) in [7, 11) is 1.65. The Morgan fingerprint density at radius 3 is 2.92 bits per heavy atom. The molecule has 0 spiro atoms. The molecule has 0 bridgehead atoms. The van der Waals surface area contributed by atoms with Crippen molar-refractivity contribution in [1.29, 1.82) is 0 Å². The molecule has 2 heteroatoms. The van der Waals surface area contributed by atoms with E-state index in [4.69, 9.17) is 4.74 Å². The summed E-state index contributed by atoms with van der Waals surface area (Å²) >= 11 is 0. The van der Waals surface area contributed by atoms with Crippen molar-refractivity contribution in [3.63, 3.8) is 0 Å². The number of rotatable bonds is 2. The van der Waals surface area contributed by atoms with Gasteiger partial charge < -0.3 is 4.74 Å². The van der Waals surface area contributed by atoms with Crippen molar-refractivity contribution in [2.75, 3.05) is 7.11 Å². The van der Waals surface area contributed by atoms with Crippen molar-refractivity contribution >= 4 is 5.57 Å². The Bertz CT molecular complexity index is 292. The molecule has 0 atom stereocenters. The SMILES string of the molecule is COC=C(C)c1cccnc1C. The van der Waals surface area contributed by atoms with E-state index in [1.807, 2.05) is 26.0 Å². The first-order valence-electron chi connectivity index (χ1n) is 3.87. The Labute approximate surface area is 72.9 Å². The Hall–Kier alpha value is -1.31. The highest BCUT2D eigenvalue weighted by atomic mass is 16.5. The molecule has 0 radical (unpaired) electrons. The fraction of sp³-hybridized carbons (Fsp3) is 0.300. The molecule has 12 heavy (non-hydrogen) atoms. The average Bonchev–Trinajstić information content (AvgIpc) is 2.05. The van der Waals surface area contributed by atoms with Crippen LogP contribution in [0.25, 0.3) is 5.57 Å². The van der Waals surface area contributed by atoms with Crippen molar-refractivity contribution in [3.05, 3.63) is 35.8 Å². The van der Waals surface area contributed by atoms with E-state index in [-0.39, 0.29) is 0 Å². The molecular formula is C10H13NO. The number of methoxy groups -OCH3 is 1. The molecule has 64 valence electrons. The quantitative estimate of drug-likeness (QED) is 0.624. The average molecular weight is 163 g/mol. The van der Waals surface area contributed by atoms with Crippen LogP contribution in [0.4, 0.5) is 0 Å². The third-order valence-electron chi connectivity index (χ3n) is 1.73. The number of ether oxygens (including phenoxy) is 1. The van der Waals surface area contributed by atoms with E-state index in [0.29, 0.717) is 0 Å². The topological polar surface area (TPSA) is 22.1 Å². The molecule has 0 saturated heterocycles. The molecular weight excluding hydrogens is 150 g/mol. The molecule has 0 saturated carbocycles. The summed E-state index contributed by atoms with van der Waals surface area (Å²) in [6, 6.07) is 3.96. The van der Waals surface area contributed by atoms with Crippen LogP contribution in [0.15, 0.2) is 24.6 Å². The second-order valence-corrected chi connectivity index (χ2v) is 2.67. The highest BCUT2D eigenvalue weighted by Gasteiger charge is 1.99. The van der Waals surface area contributed by atoms with Gasteiger partial charge in [0.2, 0.25) is 0 Å². The van der Waals surface area contributed by atoms with E-state index in [1.54, 1.807) is 19.6 Å². The standard InChI is InChI=1S/C10H13NO/c1-8(7-12-3)10-5-4-6-11-9(10)2/h4-7H,1-3H3. The van der Waals surface area contributed by atoms with Crippen LogP contribution >= 0.6 is 0 Å². The van der Waals surface area contributed by atoms with E-state index < -0.39 is 0 Å². The van der Waals surface area contributed by atoms with Gasteiger partial charge in [-0.25, -0.2) is 0 Å². The van der Waals surface area contributed by atoms with Crippen LogP contribution in [0.5, 0.6) is 0 Å². The van der Waals surface area contributed by atoms with Crippen LogP contribution in [0, 0.1) is 6.92 Å². The predicted molar refractivity (Wildman–Crippen MR) is 49.6 cm³/mol. The van der Waals surface area contributed by atoms with Gasteiger partial charge in [-0.1, -0.05) is 6.07 Å². The van der Waals surface area contributed by atoms with Gasteiger partial charge in [0.1, 0.15) is 0 Å². The van der Waals surface area contributed by atoms with E-state index in [2.05, 4.69) is 4.98 Å². The van der Waals surface area contributed by atoms with Crippen LogP contribution in [-0.2, 0) is 4.74 Å². The zero-order chi connectivity index (χ0) is 8.97. The number of aromatic nitrogens is 1. The van der Waals surface area contributed by atoms with Gasteiger partial charge >= 0.3 is 0 Å². The van der Waals surface area contributed by atoms with Crippen molar-refractivity contribution in [3.8, 4) is 0 Å². The Morgan fingerprint density at radius 1 is 1.58 bits per heavy atom. The van der Waals surface area contributed by atoms with Crippen LogP contribution in [-0.4, -0.2) is 12.1 Å². The normalized spacial score (nSPS) is 11.4. The highest BCUT2D eigenvalue weighted by molar-refractivity contribution is 5.64. The second-order valence-electron chi connectivity index (χ2n) is 2.67. The summed E-state index contributed by atoms with van der Waals surface area (Å²) in [6.07, 6.45) is 3.52. The van der Waals surface area contributed by atoms with Crippen LogP contribution in [0.1, 0.15) is 18.2 Å². The van der Waals surface area contributed by atoms with Gasteiger partial charge in [-0.2, -0.15) is 0 Å². The smallest absolute Gasteiger partial charge is 0.0860 e. The first-order chi connectivity index (χ1) is 5.75. The van der Waals surface area contributed by atoms with Crippen LogP contribution < -0.4 is 0 Å². The largest absolute Gasteiger partial charge is 0.504 e. The molecule has 0 aliphatic rings. The molecule has 2 nitrogen and oxygen atoms in total. The lowest BCUT2D eigenvalue weighted by Crippen LogP contribution is -1.88. The number of allylic oxidation sites excluding steroid dienone is 1. The number of pyridine rings is 1. The summed E-state index contributed by atoms with van der Waals surface area (Å²) in [5.74, 6) is 0. The van der Waals surface area contributed by atoms with Crippen molar-refractivity contribution in [1.82, 2.24) is 4.98 Å². The Morgan fingerprint density at radius 2 is 2.33 bits per heavy atom. The molecule has 0 amide bonds. The van der Waals surface area contributed by atoms with Crippen molar-refractivity contribution in [2.45, 2.75) is 13.8 Å². The second kappa shape index (κ2) is 3.90. The van der Waals surface area contributed by atoms with E-state index in [9.17, 15) is 0 Å². The van der Waals surface area contributed by atoms with Gasteiger partial charge in [0.05, 0.1) is 13.4 Å². The molecule has 0 aromatic carbocycles. The van der Waals surface area contributed by atoms with Gasteiger partial charge in [-0.15, -0.1) is 0 Å². The molecule has 1 rings (SSSR count). The van der Waals surface area contributed by atoms with E-state index in [0.717, 1.165) is 16.8 Å². The minimum absolute atomic E-state index is 1.03. The van der Waals surface area contributed by atoms with Crippen molar-refractivity contribution in [2.24, 2.45) is 0 Å². The molecule has 0 fully saturated rings. The van der Waals surface area contributed by atoms with Gasteiger partial charge in [-0.3, -0.25) is 4.98 Å². The summed E-state index contributed by atoms with van der Waals surface area (Å²) in [6.45, 7) is 4.00. The molecule has 0 N–H and O–H groups in total. The minimum atomic E-state index is 1.03. The third-order valence-corrected chi connectivity index (χ3v) is 1.73. The predicted octanol–water partition coefficient (Wildman–Crippen LogP) is 2.40. The van der Waals surface area contributed by atoms with Gasteiger partial charge in [0, 0.05) is 17.5 Å². The van der Waals surface area contributed by atoms with Gasteiger partial charge in [0.15, 0.2) is 0 Å². The highest BCUT2D eigenvalue weighted by Crippen LogP contribution is 2.15. The maximum atomic E-state index is 4.92. The molecule has 0 aliphatic carbocycles. The van der Waals surface area contributed by atoms with Crippen LogP contribution in [0.2, 0.25) is 0 Å². The number of aryl methyl sites for hydroxylation is 1. The fourth-order valence-corrected chi connectivity index (χ4v) is 1.14. The first kappa shape index (κ1) is 8.78. The number of hydrogen-bond acceptors (Lipinski definition) is 2. The van der Waals surface area contributed by atoms with Crippen LogP contribution in [0.3, 0.4) is 0 Å². The maximum absolute atomic E-state index is 4.92. The molecule has 0 aliphatic heterocycles. The summed E-state index contributed by atoms with van der Waals surface area (Å²) in [5, 5.41) is 0. The third kappa shape index (κ3) is 1.84. The Balaban J connectivity index is 3.02.